The fourth-order valence-corrected chi connectivity index (χ4v) is 4.78. The molecule has 0 saturated carbocycles. The van der Waals surface area contributed by atoms with Crippen molar-refractivity contribution in [2.24, 2.45) is 0 Å². The summed E-state index contributed by atoms with van der Waals surface area (Å²) in [5.41, 5.74) is 4.79. The number of anilines is 4. The minimum absolute atomic E-state index is 0.285. The number of aromatic nitrogens is 2. The zero-order chi connectivity index (χ0) is 26.6. The number of hydrogen-bond acceptors (Lipinski definition) is 7. The summed E-state index contributed by atoms with van der Waals surface area (Å²) >= 11 is 6.67. The molecule has 0 spiro atoms. The van der Waals surface area contributed by atoms with Gasteiger partial charge < -0.3 is 25.2 Å². The fourth-order valence-electron chi connectivity index (χ4n) is 4.52. The predicted octanol–water partition coefficient (Wildman–Crippen LogP) is 5.58. The van der Waals surface area contributed by atoms with Crippen LogP contribution in [0.1, 0.15) is 0 Å². The molecule has 2 heterocycles. The molecule has 0 bridgehead atoms. The van der Waals surface area contributed by atoms with Gasteiger partial charge in [-0.1, -0.05) is 30.3 Å². The third-order valence-corrected chi connectivity index (χ3v) is 6.92. The second kappa shape index (κ2) is 11.1. The highest BCUT2D eigenvalue weighted by Crippen LogP contribution is 2.37. The van der Waals surface area contributed by atoms with Crippen LogP contribution in [-0.2, 0) is 4.79 Å². The van der Waals surface area contributed by atoms with E-state index in [9.17, 15) is 4.79 Å². The van der Waals surface area contributed by atoms with Gasteiger partial charge in [0.2, 0.25) is 11.9 Å². The summed E-state index contributed by atoms with van der Waals surface area (Å²) in [5.74, 6) is 0.845. The molecule has 194 valence electrons. The molecule has 1 amide bonds. The van der Waals surface area contributed by atoms with Crippen LogP contribution < -0.4 is 20.3 Å². The second-order valence-corrected chi connectivity index (χ2v) is 9.54. The van der Waals surface area contributed by atoms with E-state index in [-0.39, 0.29) is 5.91 Å². The van der Waals surface area contributed by atoms with Gasteiger partial charge in [-0.25, -0.2) is 9.97 Å². The molecule has 1 aromatic heterocycles. The molecule has 0 radical (unpaired) electrons. The van der Waals surface area contributed by atoms with Gasteiger partial charge >= 0.3 is 0 Å². The number of halogens is 1. The number of nitrogens with one attached hydrogen (secondary N) is 2. The molecule has 9 heteroatoms. The molecule has 1 saturated heterocycles. The van der Waals surface area contributed by atoms with Crippen molar-refractivity contribution in [3.8, 4) is 16.9 Å². The third kappa shape index (κ3) is 5.41. The molecule has 0 unspecified atom stereocenters. The van der Waals surface area contributed by atoms with Gasteiger partial charge in [-0.15, -0.1) is 0 Å². The highest BCUT2D eigenvalue weighted by molar-refractivity contribution is 6.35. The monoisotopic (exact) mass is 528 g/mol. The fraction of sp³-hybridized carbons (Fsp3) is 0.207. The summed E-state index contributed by atoms with van der Waals surface area (Å²) in [5, 5.41) is 7.49. The summed E-state index contributed by atoms with van der Waals surface area (Å²) in [6.45, 7) is 7.52. The number of carbonyl (C=O) groups excluding carboxylic acids is 1. The Kier molecular flexibility index (Phi) is 7.44. The smallest absolute Gasteiger partial charge is 0.247 e. The lowest BCUT2D eigenvalue weighted by Gasteiger charge is -2.34. The Hall–Kier alpha value is -4.14. The SMILES string of the molecule is C=CC(=O)Nc1cccc(-c2c(Cl)ccc3cnc(Nc4ccc(N5CCN(C)CC5)cc4OC)nc23)c1. The minimum atomic E-state index is -0.285. The summed E-state index contributed by atoms with van der Waals surface area (Å²) in [6, 6.07) is 17.3. The molecular formula is C29H29ClN6O2. The summed E-state index contributed by atoms with van der Waals surface area (Å²) in [4.78, 5) is 25.8. The van der Waals surface area contributed by atoms with Crippen molar-refractivity contribution in [3.05, 3.63) is 78.5 Å². The molecule has 2 N–H and O–H groups in total. The van der Waals surface area contributed by atoms with Crippen LogP contribution in [0.15, 0.2) is 73.4 Å². The van der Waals surface area contributed by atoms with Crippen molar-refractivity contribution in [1.82, 2.24) is 14.9 Å². The van der Waals surface area contributed by atoms with Crippen molar-refractivity contribution in [2.45, 2.75) is 0 Å². The summed E-state index contributed by atoms with van der Waals surface area (Å²) in [6.07, 6.45) is 2.99. The maximum atomic E-state index is 11.8. The Balaban J connectivity index is 1.48. The van der Waals surface area contributed by atoms with Gasteiger partial charge in [0.05, 0.1) is 23.3 Å². The second-order valence-electron chi connectivity index (χ2n) is 9.13. The predicted molar refractivity (Wildman–Crippen MR) is 155 cm³/mol. The van der Waals surface area contributed by atoms with Crippen LogP contribution in [0.3, 0.4) is 0 Å². The maximum absolute atomic E-state index is 11.8. The Morgan fingerprint density at radius 1 is 1.11 bits per heavy atom. The number of nitrogens with zero attached hydrogens (tertiary/aromatic N) is 4. The van der Waals surface area contributed by atoms with Gasteiger partial charge in [-0.05, 0) is 55.1 Å². The first-order valence-corrected chi connectivity index (χ1v) is 12.7. The molecule has 4 aromatic rings. The molecule has 5 rings (SSSR count). The molecule has 0 atom stereocenters. The Morgan fingerprint density at radius 3 is 2.68 bits per heavy atom. The quantitative estimate of drug-likeness (QED) is 0.303. The number of rotatable bonds is 7. The van der Waals surface area contributed by atoms with Crippen LogP contribution in [0.5, 0.6) is 5.75 Å². The average Bonchev–Trinajstić information content (AvgIpc) is 2.93. The molecule has 0 aliphatic carbocycles. The summed E-state index contributed by atoms with van der Waals surface area (Å²) in [7, 11) is 3.80. The molecule has 1 aliphatic rings. The van der Waals surface area contributed by atoms with Crippen LogP contribution >= 0.6 is 11.6 Å². The molecule has 1 aliphatic heterocycles. The lowest BCUT2D eigenvalue weighted by molar-refractivity contribution is -0.111. The third-order valence-electron chi connectivity index (χ3n) is 6.61. The number of methoxy groups -OCH3 is 1. The topological polar surface area (TPSA) is 82.6 Å². The van der Waals surface area contributed by atoms with Gasteiger partial charge in [-0.2, -0.15) is 0 Å². The Labute approximate surface area is 226 Å². The number of benzene rings is 3. The summed E-state index contributed by atoms with van der Waals surface area (Å²) < 4.78 is 5.71. The van der Waals surface area contributed by atoms with Crippen molar-refractivity contribution in [2.75, 3.05) is 55.9 Å². The lowest BCUT2D eigenvalue weighted by Crippen LogP contribution is -2.44. The Bertz CT molecular complexity index is 1500. The van der Waals surface area contributed by atoms with Crippen LogP contribution in [0.25, 0.3) is 22.0 Å². The normalized spacial score (nSPS) is 13.8. The van der Waals surface area contributed by atoms with E-state index < -0.39 is 0 Å². The van der Waals surface area contributed by atoms with E-state index in [1.165, 1.54) is 6.08 Å². The van der Waals surface area contributed by atoms with Gasteiger partial charge in [0.1, 0.15) is 5.75 Å². The number of likely N-dealkylation sites (N-methyl/N-ethyl adjacent to an activating group) is 1. The average molecular weight is 529 g/mol. The van der Waals surface area contributed by atoms with E-state index in [0.717, 1.165) is 54.1 Å². The highest BCUT2D eigenvalue weighted by atomic mass is 35.5. The van der Waals surface area contributed by atoms with E-state index in [0.29, 0.717) is 27.9 Å². The van der Waals surface area contributed by atoms with Gasteiger partial charge in [-0.3, -0.25) is 4.79 Å². The van der Waals surface area contributed by atoms with Crippen molar-refractivity contribution in [1.29, 1.82) is 0 Å². The number of piperazine rings is 1. The maximum Gasteiger partial charge on any atom is 0.247 e. The first kappa shape index (κ1) is 25.5. The van der Waals surface area contributed by atoms with E-state index in [2.05, 4.69) is 45.1 Å². The van der Waals surface area contributed by atoms with E-state index >= 15 is 0 Å². The first-order chi connectivity index (χ1) is 18.4. The molecule has 1 fully saturated rings. The number of ether oxygens (including phenoxy) is 1. The van der Waals surface area contributed by atoms with Crippen LogP contribution in [0, 0.1) is 0 Å². The van der Waals surface area contributed by atoms with Crippen LogP contribution in [0.2, 0.25) is 5.02 Å². The number of hydrogen-bond donors (Lipinski definition) is 2. The standard InChI is InChI=1S/C29H29ClN6O2/c1-4-26(37)32-21-7-5-6-19(16-21)27-23(30)10-8-20-18-31-29(34-28(20)27)33-24-11-9-22(17-25(24)38-3)36-14-12-35(2)13-15-36/h4-11,16-18H,1,12-15H2,2-3H3,(H,32,37)(H,31,33,34). The highest BCUT2D eigenvalue weighted by Gasteiger charge is 2.17. The van der Waals surface area contributed by atoms with Gasteiger partial charge in [0.15, 0.2) is 0 Å². The Morgan fingerprint density at radius 2 is 1.92 bits per heavy atom. The molecule has 3 aromatic carbocycles. The number of fused-ring (bicyclic) bond motifs is 1. The van der Waals surface area contributed by atoms with Crippen LogP contribution in [0.4, 0.5) is 23.0 Å². The lowest BCUT2D eigenvalue weighted by atomic mass is 10.0. The number of amides is 1. The zero-order valence-corrected chi connectivity index (χ0v) is 22.1. The van der Waals surface area contributed by atoms with Gasteiger partial charge in [0.25, 0.3) is 0 Å². The molecule has 8 nitrogen and oxygen atoms in total. The zero-order valence-electron chi connectivity index (χ0n) is 21.4. The van der Waals surface area contributed by atoms with E-state index in [1.54, 1.807) is 13.3 Å². The number of carbonyl (C=O) groups is 1. The largest absolute Gasteiger partial charge is 0.494 e. The first-order valence-electron chi connectivity index (χ1n) is 12.3. The van der Waals surface area contributed by atoms with Crippen molar-refractivity contribution in [3.63, 3.8) is 0 Å². The van der Waals surface area contributed by atoms with Gasteiger partial charge in [0, 0.05) is 60.8 Å². The van der Waals surface area contributed by atoms with E-state index in [4.69, 9.17) is 21.3 Å². The minimum Gasteiger partial charge on any atom is -0.494 e. The van der Waals surface area contributed by atoms with Crippen molar-refractivity contribution >= 4 is 51.4 Å². The molecule has 38 heavy (non-hydrogen) atoms. The van der Waals surface area contributed by atoms with Crippen molar-refractivity contribution < 1.29 is 9.53 Å². The van der Waals surface area contributed by atoms with E-state index in [1.807, 2.05) is 48.5 Å². The molecular weight excluding hydrogens is 500 g/mol. The van der Waals surface area contributed by atoms with Crippen LogP contribution in [-0.4, -0.2) is 61.1 Å².